The first-order valence-corrected chi connectivity index (χ1v) is 5.31. The second kappa shape index (κ2) is 4.78. The third-order valence-electron chi connectivity index (χ3n) is 2.55. The van der Waals surface area contributed by atoms with Crippen molar-refractivity contribution in [3.8, 4) is 11.8 Å². The normalized spacial score (nSPS) is 11.9. The molecule has 80 valence electrons. The van der Waals surface area contributed by atoms with E-state index in [9.17, 15) is 0 Å². The Labute approximate surface area is 95.5 Å². The Morgan fingerprint density at radius 3 is 2.94 bits per heavy atom. The standard InChI is InChI=1S/C14H14N2/c1-2-3-8-13(15)14-12-7-5-4-6-11(12)9-10-16-14/h4-7,9-10,13H,8,15H2,1H3. The molecule has 2 N–H and O–H groups in total. The molecule has 16 heavy (non-hydrogen) atoms. The van der Waals surface area contributed by atoms with Crippen LogP contribution in [-0.2, 0) is 0 Å². The van der Waals surface area contributed by atoms with Crippen LogP contribution >= 0.6 is 0 Å². The average molecular weight is 210 g/mol. The lowest BCUT2D eigenvalue weighted by Crippen LogP contribution is -2.11. The van der Waals surface area contributed by atoms with Crippen molar-refractivity contribution in [3.05, 3.63) is 42.2 Å². The highest BCUT2D eigenvalue weighted by Crippen LogP contribution is 2.21. The van der Waals surface area contributed by atoms with Gasteiger partial charge in [0.05, 0.1) is 11.7 Å². The van der Waals surface area contributed by atoms with Crippen molar-refractivity contribution in [1.29, 1.82) is 0 Å². The van der Waals surface area contributed by atoms with Gasteiger partial charge in [-0.2, -0.15) is 0 Å². The molecule has 0 bridgehead atoms. The number of nitrogens with zero attached hydrogens (tertiary/aromatic N) is 1. The van der Waals surface area contributed by atoms with Gasteiger partial charge in [0, 0.05) is 18.0 Å². The zero-order chi connectivity index (χ0) is 11.4. The summed E-state index contributed by atoms with van der Waals surface area (Å²) in [5.74, 6) is 5.85. The SMILES string of the molecule is CC#CCC(N)c1nccc2ccccc12. The first-order chi connectivity index (χ1) is 7.83. The third-order valence-corrected chi connectivity index (χ3v) is 2.55. The Bertz CT molecular complexity index is 544. The minimum Gasteiger partial charge on any atom is -0.322 e. The molecule has 0 fully saturated rings. The largest absolute Gasteiger partial charge is 0.322 e. The minimum absolute atomic E-state index is 0.112. The molecule has 0 radical (unpaired) electrons. The van der Waals surface area contributed by atoms with Crippen LogP contribution in [0.3, 0.4) is 0 Å². The summed E-state index contributed by atoms with van der Waals surface area (Å²) >= 11 is 0. The Kier molecular flexibility index (Phi) is 3.19. The van der Waals surface area contributed by atoms with E-state index >= 15 is 0 Å². The second-order valence-electron chi connectivity index (χ2n) is 3.65. The quantitative estimate of drug-likeness (QED) is 0.774. The van der Waals surface area contributed by atoms with Gasteiger partial charge < -0.3 is 5.73 Å². The van der Waals surface area contributed by atoms with Gasteiger partial charge in [-0.15, -0.1) is 11.8 Å². The maximum Gasteiger partial charge on any atom is 0.0658 e. The zero-order valence-corrected chi connectivity index (χ0v) is 9.27. The van der Waals surface area contributed by atoms with Crippen LogP contribution in [0.1, 0.15) is 25.1 Å². The minimum atomic E-state index is -0.112. The Balaban J connectivity index is 2.46. The predicted octanol–water partition coefficient (Wildman–Crippen LogP) is 2.65. The van der Waals surface area contributed by atoms with Gasteiger partial charge in [-0.3, -0.25) is 4.98 Å². The van der Waals surface area contributed by atoms with Crippen molar-refractivity contribution < 1.29 is 0 Å². The van der Waals surface area contributed by atoms with Gasteiger partial charge in [0.25, 0.3) is 0 Å². The van der Waals surface area contributed by atoms with Gasteiger partial charge in [0.15, 0.2) is 0 Å². The summed E-state index contributed by atoms with van der Waals surface area (Å²) < 4.78 is 0. The molecule has 0 saturated heterocycles. The van der Waals surface area contributed by atoms with Crippen LogP contribution in [-0.4, -0.2) is 4.98 Å². The molecule has 0 saturated carbocycles. The van der Waals surface area contributed by atoms with E-state index in [2.05, 4.69) is 29.0 Å². The monoisotopic (exact) mass is 210 g/mol. The summed E-state index contributed by atoms with van der Waals surface area (Å²) in [6, 6.07) is 10.0. The molecule has 2 heteroatoms. The van der Waals surface area contributed by atoms with Gasteiger partial charge in [-0.05, 0) is 18.4 Å². The molecule has 1 aromatic carbocycles. The third kappa shape index (κ3) is 2.05. The van der Waals surface area contributed by atoms with E-state index in [-0.39, 0.29) is 6.04 Å². The van der Waals surface area contributed by atoms with E-state index in [0.717, 1.165) is 11.1 Å². The number of pyridine rings is 1. The van der Waals surface area contributed by atoms with Crippen molar-refractivity contribution in [2.24, 2.45) is 5.73 Å². The van der Waals surface area contributed by atoms with E-state index in [0.29, 0.717) is 6.42 Å². The molecule has 1 heterocycles. The fourth-order valence-corrected chi connectivity index (χ4v) is 1.75. The molecule has 2 aromatic rings. The molecule has 0 spiro atoms. The van der Waals surface area contributed by atoms with Crippen LogP contribution in [0.5, 0.6) is 0 Å². The van der Waals surface area contributed by atoms with E-state index in [4.69, 9.17) is 5.73 Å². The first-order valence-electron chi connectivity index (χ1n) is 5.31. The van der Waals surface area contributed by atoms with Gasteiger partial charge in [0.1, 0.15) is 0 Å². The van der Waals surface area contributed by atoms with Crippen LogP contribution in [0, 0.1) is 11.8 Å². The predicted molar refractivity (Wildman–Crippen MR) is 66.7 cm³/mol. The molecule has 1 aromatic heterocycles. The molecular weight excluding hydrogens is 196 g/mol. The van der Waals surface area contributed by atoms with E-state index in [1.807, 2.05) is 25.1 Å². The number of hydrogen-bond donors (Lipinski definition) is 1. The Hall–Kier alpha value is -1.85. The van der Waals surface area contributed by atoms with Gasteiger partial charge in [-0.1, -0.05) is 24.3 Å². The molecule has 2 nitrogen and oxygen atoms in total. The fourth-order valence-electron chi connectivity index (χ4n) is 1.75. The Morgan fingerprint density at radius 1 is 1.31 bits per heavy atom. The van der Waals surface area contributed by atoms with Crippen molar-refractivity contribution in [3.63, 3.8) is 0 Å². The van der Waals surface area contributed by atoms with Crippen LogP contribution < -0.4 is 5.73 Å². The molecule has 0 aliphatic rings. The lowest BCUT2D eigenvalue weighted by Gasteiger charge is -2.10. The summed E-state index contributed by atoms with van der Waals surface area (Å²) in [6.45, 7) is 1.82. The highest BCUT2D eigenvalue weighted by molar-refractivity contribution is 5.84. The van der Waals surface area contributed by atoms with E-state index < -0.39 is 0 Å². The van der Waals surface area contributed by atoms with Crippen molar-refractivity contribution in [2.45, 2.75) is 19.4 Å². The summed E-state index contributed by atoms with van der Waals surface area (Å²) in [7, 11) is 0. The van der Waals surface area contributed by atoms with Crippen molar-refractivity contribution in [2.75, 3.05) is 0 Å². The average Bonchev–Trinajstić information content (AvgIpc) is 2.35. The van der Waals surface area contributed by atoms with Gasteiger partial charge >= 0.3 is 0 Å². The molecule has 1 unspecified atom stereocenters. The molecule has 1 atom stereocenters. The van der Waals surface area contributed by atoms with Crippen LogP contribution in [0.15, 0.2) is 36.5 Å². The number of nitrogens with two attached hydrogens (primary N) is 1. The van der Waals surface area contributed by atoms with Crippen molar-refractivity contribution >= 4 is 10.8 Å². The maximum absolute atomic E-state index is 6.08. The number of aromatic nitrogens is 1. The van der Waals surface area contributed by atoms with Gasteiger partial charge in [0.2, 0.25) is 0 Å². The Morgan fingerprint density at radius 2 is 2.12 bits per heavy atom. The summed E-state index contributed by atoms with van der Waals surface area (Å²) in [5.41, 5.74) is 7.01. The topological polar surface area (TPSA) is 38.9 Å². The highest BCUT2D eigenvalue weighted by Gasteiger charge is 2.09. The highest BCUT2D eigenvalue weighted by atomic mass is 14.8. The lowest BCUT2D eigenvalue weighted by atomic mass is 10.0. The van der Waals surface area contributed by atoms with E-state index in [1.165, 1.54) is 5.39 Å². The van der Waals surface area contributed by atoms with Crippen molar-refractivity contribution in [1.82, 2.24) is 4.98 Å². The first kappa shape index (κ1) is 10.7. The number of benzene rings is 1. The number of fused-ring (bicyclic) bond motifs is 1. The number of hydrogen-bond acceptors (Lipinski definition) is 2. The maximum atomic E-state index is 6.08. The van der Waals surface area contributed by atoms with Crippen LogP contribution in [0.4, 0.5) is 0 Å². The second-order valence-corrected chi connectivity index (χ2v) is 3.65. The number of rotatable bonds is 2. The van der Waals surface area contributed by atoms with Gasteiger partial charge in [-0.25, -0.2) is 0 Å². The molecule has 0 aliphatic heterocycles. The summed E-state index contributed by atoms with van der Waals surface area (Å²) in [6.07, 6.45) is 2.45. The molecule has 0 amide bonds. The summed E-state index contributed by atoms with van der Waals surface area (Å²) in [4.78, 5) is 4.37. The molecular formula is C14H14N2. The van der Waals surface area contributed by atoms with Crippen LogP contribution in [0.2, 0.25) is 0 Å². The molecule has 2 rings (SSSR count). The fraction of sp³-hybridized carbons (Fsp3) is 0.214. The smallest absolute Gasteiger partial charge is 0.0658 e. The van der Waals surface area contributed by atoms with Crippen LogP contribution in [0.25, 0.3) is 10.8 Å². The summed E-state index contributed by atoms with van der Waals surface area (Å²) in [5, 5.41) is 2.29. The molecule has 0 aliphatic carbocycles. The van der Waals surface area contributed by atoms with E-state index in [1.54, 1.807) is 6.20 Å². The lowest BCUT2D eigenvalue weighted by molar-refractivity contribution is 0.733. The zero-order valence-electron chi connectivity index (χ0n) is 9.27.